The van der Waals surface area contributed by atoms with Crippen molar-refractivity contribution in [2.45, 2.75) is 32.4 Å². The minimum atomic E-state index is -1.02. The van der Waals surface area contributed by atoms with Crippen LogP contribution in [0.4, 0.5) is 8.78 Å². The summed E-state index contributed by atoms with van der Waals surface area (Å²) < 4.78 is 32.8. The van der Waals surface area contributed by atoms with Crippen molar-refractivity contribution in [3.63, 3.8) is 0 Å². The number of benzene rings is 1. The van der Waals surface area contributed by atoms with Gasteiger partial charge in [0, 0.05) is 24.7 Å². The first-order valence-electron chi connectivity index (χ1n) is 6.77. The quantitative estimate of drug-likeness (QED) is 0.907. The maximum atomic E-state index is 13.9. The second-order valence-corrected chi connectivity index (χ2v) is 5.84. The summed E-state index contributed by atoms with van der Waals surface area (Å²) >= 11 is 0. The van der Waals surface area contributed by atoms with Crippen molar-refractivity contribution in [2.24, 2.45) is 0 Å². The molecular formula is C15H19F2NO3. The topological polar surface area (TPSA) is 49.8 Å². The Morgan fingerprint density at radius 2 is 2.05 bits per heavy atom. The minimum Gasteiger partial charge on any atom is -0.480 e. The Balaban J connectivity index is 2.02. The first-order chi connectivity index (χ1) is 9.72. The standard InChI is InChI=1S/C15H19F2NO3/c1-9-4-13(17)11(5-12(9)16)10(2)18-7-15(3,8-18)21-6-14(19)20/h4-5,10H,6-8H2,1-3H3,(H,19,20). The van der Waals surface area contributed by atoms with Crippen LogP contribution in [0.25, 0.3) is 0 Å². The number of aliphatic carboxylic acids is 1. The molecule has 6 heteroatoms. The lowest BCUT2D eigenvalue weighted by atomic mass is 9.91. The molecule has 1 unspecified atom stereocenters. The molecule has 0 bridgehead atoms. The number of carboxylic acid groups (broad SMARTS) is 1. The van der Waals surface area contributed by atoms with Gasteiger partial charge >= 0.3 is 5.97 Å². The minimum absolute atomic E-state index is 0.279. The van der Waals surface area contributed by atoms with E-state index in [1.54, 1.807) is 6.92 Å². The predicted molar refractivity (Wildman–Crippen MR) is 73.1 cm³/mol. The highest BCUT2D eigenvalue weighted by molar-refractivity contribution is 5.68. The van der Waals surface area contributed by atoms with Crippen LogP contribution in [-0.4, -0.2) is 41.3 Å². The van der Waals surface area contributed by atoms with E-state index < -0.39 is 23.2 Å². The van der Waals surface area contributed by atoms with E-state index in [-0.39, 0.29) is 18.2 Å². The summed E-state index contributed by atoms with van der Waals surface area (Å²) in [6.45, 7) is 5.74. The highest BCUT2D eigenvalue weighted by Gasteiger charge is 2.43. The van der Waals surface area contributed by atoms with Crippen LogP contribution >= 0.6 is 0 Å². The number of hydrogen-bond acceptors (Lipinski definition) is 3. The Hall–Kier alpha value is -1.53. The predicted octanol–water partition coefficient (Wildman–Crippen LogP) is 2.51. The number of nitrogens with zero attached hydrogens (tertiary/aromatic N) is 1. The summed E-state index contributed by atoms with van der Waals surface area (Å²) in [4.78, 5) is 12.4. The van der Waals surface area contributed by atoms with Gasteiger partial charge in [-0.05, 0) is 38.5 Å². The van der Waals surface area contributed by atoms with Crippen molar-refractivity contribution in [1.29, 1.82) is 0 Å². The van der Waals surface area contributed by atoms with E-state index in [9.17, 15) is 13.6 Å². The van der Waals surface area contributed by atoms with Gasteiger partial charge in [0.05, 0.1) is 5.60 Å². The second-order valence-electron chi connectivity index (χ2n) is 5.84. The van der Waals surface area contributed by atoms with Gasteiger partial charge in [0.1, 0.15) is 18.2 Å². The third kappa shape index (κ3) is 3.39. The van der Waals surface area contributed by atoms with E-state index in [4.69, 9.17) is 9.84 Å². The van der Waals surface area contributed by atoms with E-state index in [2.05, 4.69) is 0 Å². The molecule has 1 fully saturated rings. The molecule has 0 saturated carbocycles. The molecule has 0 aromatic heterocycles. The Morgan fingerprint density at radius 3 is 2.62 bits per heavy atom. The van der Waals surface area contributed by atoms with Crippen LogP contribution in [0.1, 0.15) is 31.0 Å². The van der Waals surface area contributed by atoms with Gasteiger partial charge in [-0.1, -0.05) is 0 Å². The molecule has 0 spiro atoms. The smallest absolute Gasteiger partial charge is 0.329 e. The van der Waals surface area contributed by atoms with Gasteiger partial charge in [0.25, 0.3) is 0 Å². The lowest BCUT2D eigenvalue weighted by Crippen LogP contribution is -2.62. The molecule has 1 aromatic carbocycles. The third-order valence-electron chi connectivity index (χ3n) is 3.89. The van der Waals surface area contributed by atoms with Crippen molar-refractivity contribution in [1.82, 2.24) is 4.90 Å². The summed E-state index contributed by atoms with van der Waals surface area (Å²) in [7, 11) is 0. The monoisotopic (exact) mass is 299 g/mol. The van der Waals surface area contributed by atoms with Crippen molar-refractivity contribution in [2.75, 3.05) is 19.7 Å². The number of carboxylic acids is 1. The number of aryl methyl sites for hydroxylation is 1. The highest BCUT2D eigenvalue weighted by Crippen LogP contribution is 2.34. The fourth-order valence-electron chi connectivity index (χ4n) is 2.59. The summed E-state index contributed by atoms with van der Waals surface area (Å²) in [6, 6.07) is 2.13. The normalized spacial score (nSPS) is 19.1. The molecule has 1 atom stereocenters. The molecule has 2 rings (SSSR count). The molecule has 0 radical (unpaired) electrons. The van der Waals surface area contributed by atoms with Gasteiger partial charge in [-0.3, -0.25) is 4.90 Å². The fraction of sp³-hybridized carbons (Fsp3) is 0.533. The Kier molecular flexibility index (Phi) is 4.30. The second kappa shape index (κ2) is 5.69. The van der Waals surface area contributed by atoms with E-state index in [0.29, 0.717) is 18.7 Å². The molecule has 1 saturated heterocycles. The molecule has 1 aliphatic heterocycles. The zero-order chi connectivity index (χ0) is 15.8. The Labute approximate surface area is 122 Å². The SMILES string of the molecule is Cc1cc(F)c(C(C)N2CC(C)(OCC(=O)O)C2)cc1F. The molecule has 1 aromatic rings. The lowest BCUT2D eigenvalue weighted by molar-refractivity contribution is -0.169. The van der Waals surface area contributed by atoms with Crippen LogP contribution in [0, 0.1) is 18.6 Å². The number of carbonyl (C=O) groups is 1. The van der Waals surface area contributed by atoms with E-state index in [1.165, 1.54) is 19.1 Å². The zero-order valence-electron chi connectivity index (χ0n) is 12.3. The van der Waals surface area contributed by atoms with Crippen LogP contribution in [0.2, 0.25) is 0 Å². The van der Waals surface area contributed by atoms with Crippen LogP contribution in [0.15, 0.2) is 12.1 Å². The first kappa shape index (κ1) is 15.9. The van der Waals surface area contributed by atoms with Crippen LogP contribution < -0.4 is 0 Å². The average molecular weight is 299 g/mol. The van der Waals surface area contributed by atoms with Gasteiger partial charge < -0.3 is 9.84 Å². The highest BCUT2D eigenvalue weighted by atomic mass is 19.1. The Morgan fingerprint density at radius 1 is 1.43 bits per heavy atom. The van der Waals surface area contributed by atoms with Crippen LogP contribution in [0.5, 0.6) is 0 Å². The first-order valence-corrected chi connectivity index (χ1v) is 6.77. The molecule has 21 heavy (non-hydrogen) atoms. The average Bonchev–Trinajstić information content (AvgIpc) is 2.36. The molecule has 1 heterocycles. The van der Waals surface area contributed by atoms with Crippen LogP contribution in [0.3, 0.4) is 0 Å². The maximum Gasteiger partial charge on any atom is 0.329 e. The molecule has 1 N–H and O–H groups in total. The largest absolute Gasteiger partial charge is 0.480 e. The number of hydrogen-bond donors (Lipinski definition) is 1. The summed E-state index contributed by atoms with van der Waals surface area (Å²) in [5, 5.41) is 8.61. The number of rotatable bonds is 5. The number of likely N-dealkylation sites (tertiary alicyclic amines) is 1. The molecule has 116 valence electrons. The van der Waals surface area contributed by atoms with Crippen molar-refractivity contribution >= 4 is 5.97 Å². The van der Waals surface area contributed by atoms with E-state index >= 15 is 0 Å². The number of ether oxygens (including phenoxy) is 1. The maximum absolute atomic E-state index is 13.9. The molecule has 4 nitrogen and oxygen atoms in total. The third-order valence-corrected chi connectivity index (χ3v) is 3.89. The summed E-state index contributed by atoms with van der Waals surface area (Å²) in [5.74, 6) is -1.88. The van der Waals surface area contributed by atoms with E-state index in [0.717, 1.165) is 0 Å². The molecular weight excluding hydrogens is 280 g/mol. The molecule has 1 aliphatic rings. The van der Waals surface area contributed by atoms with Crippen molar-refractivity contribution in [3.8, 4) is 0 Å². The van der Waals surface area contributed by atoms with Gasteiger partial charge in [0.2, 0.25) is 0 Å². The zero-order valence-corrected chi connectivity index (χ0v) is 12.3. The van der Waals surface area contributed by atoms with Gasteiger partial charge in [0.15, 0.2) is 0 Å². The van der Waals surface area contributed by atoms with Crippen molar-refractivity contribution < 1.29 is 23.4 Å². The number of halogens is 2. The van der Waals surface area contributed by atoms with Gasteiger partial charge in [-0.2, -0.15) is 0 Å². The van der Waals surface area contributed by atoms with Gasteiger partial charge in [-0.25, -0.2) is 13.6 Å². The van der Waals surface area contributed by atoms with Crippen LogP contribution in [-0.2, 0) is 9.53 Å². The Bertz CT molecular complexity index is 556. The molecule has 0 amide bonds. The lowest BCUT2D eigenvalue weighted by Gasteiger charge is -2.50. The molecule has 0 aliphatic carbocycles. The van der Waals surface area contributed by atoms with Crippen molar-refractivity contribution in [3.05, 3.63) is 34.9 Å². The summed E-state index contributed by atoms with van der Waals surface area (Å²) in [5.41, 5.74) is 0.0342. The van der Waals surface area contributed by atoms with E-state index in [1.807, 2.05) is 11.8 Å². The van der Waals surface area contributed by atoms with Gasteiger partial charge in [-0.15, -0.1) is 0 Å². The summed E-state index contributed by atoms with van der Waals surface area (Å²) in [6.07, 6.45) is 0. The fourth-order valence-corrected chi connectivity index (χ4v) is 2.59.